The van der Waals surface area contributed by atoms with Crippen LogP contribution in [0, 0.1) is 0 Å². The zero-order chi connectivity index (χ0) is 16.4. The predicted octanol–water partition coefficient (Wildman–Crippen LogP) is 6.76. The molecule has 0 saturated carbocycles. The zero-order valence-corrected chi connectivity index (χ0v) is 15.0. The highest BCUT2D eigenvalue weighted by Gasteiger charge is 2.03. The van der Waals surface area contributed by atoms with Crippen LogP contribution in [0.2, 0.25) is 0 Å². The van der Waals surface area contributed by atoms with Gasteiger partial charge in [0.05, 0.1) is 12.7 Å². The van der Waals surface area contributed by atoms with Gasteiger partial charge in [-0.15, -0.1) is 0 Å². The highest BCUT2D eigenvalue weighted by molar-refractivity contribution is 6.56. The average Bonchev–Trinajstić information content (AvgIpc) is 2.47. The van der Waals surface area contributed by atoms with Crippen LogP contribution in [0.1, 0.15) is 45.3 Å². The van der Waals surface area contributed by atoms with E-state index in [2.05, 4.69) is 38.1 Å². The third kappa shape index (κ3) is 8.43. The molecular weight excluding hydrogens is 315 g/mol. The first kappa shape index (κ1) is 19.0. The summed E-state index contributed by atoms with van der Waals surface area (Å²) in [5.41, 5.74) is 3.61. The molecule has 0 heterocycles. The molecule has 3 heteroatoms. The van der Waals surface area contributed by atoms with Crippen LogP contribution in [-0.2, 0) is 4.74 Å². The van der Waals surface area contributed by atoms with Crippen LogP contribution in [0.15, 0.2) is 64.2 Å². The Bertz CT molecular complexity index is 526. The van der Waals surface area contributed by atoms with Gasteiger partial charge in [-0.3, -0.25) is 0 Å². The van der Waals surface area contributed by atoms with Crippen LogP contribution in [0.5, 0.6) is 0 Å². The third-order valence-corrected chi connectivity index (χ3v) is 3.61. The van der Waals surface area contributed by atoms with Crippen LogP contribution in [0.3, 0.4) is 0 Å². The van der Waals surface area contributed by atoms with Crippen LogP contribution in [0.25, 0.3) is 0 Å². The smallest absolute Gasteiger partial charge is 0.107 e. The maximum absolute atomic E-state index is 5.84. The molecule has 0 radical (unpaired) electrons. The SMILES string of the molecule is C/C(C=C(Cl)Cl)=C\CC/C(C)=C/COC(C)c1ccccc1. The van der Waals surface area contributed by atoms with E-state index in [0.29, 0.717) is 11.1 Å². The van der Waals surface area contributed by atoms with E-state index in [1.807, 2.05) is 25.1 Å². The summed E-state index contributed by atoms with van der Waals surface area (Å²) in [6.07, 6.45) is 8.13. The molecule has 0 fully saturated rings. The summed E-state index contributed by atoms with van der Waals surface area (Å²) in [6, 6.07) is 10.3. The molecule has 1 atom stereocenters. The Labute approximate surface area is 144 Å². The normalized spacial score (nSPS) is 13.9. The summed E-state index contributed by atoms with van der Waals surface area (Å²) in [5, 5.41) is 0. The monoisotopic (exact) mass is 338 g/mol. The van der Waals surface area contributed by atoms with Gasteiger partial charge in [-0.25, -0.2) is 0 Å². The van der Waals surface area contributed by atoms with Crippen molar-refractivity contribution in [3.8, 4) is 0 Å². The predicted molar refractivity (Wildman–Crippen MR) is 97.3 cm³/mol. The van der Waals surface area contributed by atoms with Crippen LogP contribution in [0.4, 0.5) is 0 Å². The van der Waals surface area contributed by atoms with Gasteiger partial charge in [0.15, 0.2) is 0 Å². The fraction of sp³-hybridized carbons (Fsp3) is 0.368. The summed E-state index contributed by atoms with van der Waals surface area (Å²) in [5.74, 6) is 0. The van der Waals surface area contributed by atoms with Gasteiger partial charge >= 0.3 is 0 Å². The summed E-state index contributed by atoms with van der Waals surface area (Å²) >= 11 is 11.2. The van der Waals surface area contributed by atoms with Gasteiger partial charge in [-0.05, 0) is 45.3 Å². The topological polar surface area (TPSA) is 9.23 Å². The van der Waals surface area contributed by atoms with Crippen LogP contribution in [-0.4, -0.2) is 6.61 Å². The molecule has 0 spiro atoms. The summed E-state index contributed by atoms with van der Waals surface area (Å²) in [7, 11) is 0. The number of allylic oxidation sites excluding steroid dienone is 4. The maximum atomic E-state index is 5.84. The standard InChI is InChI=1S/C19H24Cl2O/c1-15(8-7-9-16(2)14-19(20)21)12-13-22-17(3)18-10-5-4-6-11-18/h4-6,9-12,14,17H,7-8,13H2,1-3H3/b15-12+,16-9+. The van der Waals surface area contributed by atoms with Crippen molar-refractivity contribution >= 4 is 23.2 Å². The molecule has 1 aromatic rings. The Hall–Kier alpha value is -1.02. The number of hydrogen-bond donors (Lipinski definition) is 0. The molecule has 1 nitrogen and oxygen atoms in total. The Balaban J connectivity index is 2.33. The highest BCUT2D eigenvalue weighted by Crippen LogP contribution is 2.16. The molecule has 120 valence electrons. The lowest BCUT2D eigenvalue weighted by Gasteiger charge is -2.12. The second kappa shape index (κ2) is 10.7. The van der Waals surface area contributed by atoms with Crippen molar-refractivity contribution in [1.29, 1.82) is 0 Å². The third-order valence-electron chi connectivity index (χ3n) is 3.39. The van der Waals surface area contributed by atoms with Gasteiger partial charge in [0.1, 0.15) is 4.49 Å². The van der Waals surface area contributed by atoms with Crippen molar-refractivity contribution < 1.29 is 4.74 Å². The Kier molecular flexibility index (Phi) is 9.22. The van der Waals surface area contributed by atoms with E-state index in [4.69, 9.17) is 27.9 Å². The number of hydrogen-bond acceptors (Lipinski definition) is 1. The molecule has 0 aromatic heterocycles. The lowest BCUT2D eigenvalue weighted by molar-refractivity contribution is 0.0882. The van der Waals surface area contributed by atoms with E-state index in [-0.39, 0.29) is 6.10 Å². The Morgan fingerprint density at radius 2 is 1.82 bits per heavy atom. The van der Waals surface area contributed by atoms with Crippen molar-refractivity contribution in [2.45, 2.75) is 39.7 Å². The first-order valence-electron chi connectivity index (χ1n) is 7.50. The van der Waals surface area contributed by atoms with E-state index in [1.54, 1.807) is 6.08 Å². The second-order valence-electron chi connectivity index (χ2n) is 5.36. The average molecular weight is 339 g/mol. The van der Waals surface area contributed by atoms with Crippen molar-refractivity contribution in [2.24, 2.45) is 0 Å². The van der Waals surface area contributed by atoms with Crippen LogP contribution >= 0.6 is 23.2 Å². The minimum Gasteiger partial charge on any atom is -0.370 e. The molecule has 0 bridgehead atoms. The second-order valence-corrected chi connectivity index (χ2v) is 6.37. The fourth-order valence-corrected chi connectivity index (χ4v) is 2.36. The molecule has 0 saturated heterocycles. The number of benzene rings is 1. The highest BCUT2D eigenvalue weighted by atomic mass is 35.5. The van der Waals surface area contributed by atoms with E-state index in [0.717, 1.165) is 18.4 Å². The molecule has 1 rings (SSSR count). The van der Waals surface area contributed by atoms with Crippen molar-refractivity contribution in [3.63, 3.8) is 0 Å². The molecule has 0 amide bonds. The quantitative estimate of drug-likeness (QED) is 0.376. The molecule has 0 N–H and O–H groups in total. The largest absolute Gasteiger partial charge is 0.370 e. The molecular formula is C19H24Cl2O. The van der Waals surface area contributed by atoms with Gasteiger partial charge < -0.3 is 4.74 Å². The van der Waals surface area contributed by atoms with Gasteiger partial charge in [-0.1, -0.05) is 76.8 Å². The number of ether oxygens (including phenoxy) is 1. The first-order chi connectivity index (χ1) is 10.5. The van der Waals surface area contributed by atoms with E-state index >= 15 is 0 Å². The van der Waals surface area contributed by atoms with Crippen molar-refractivity contribution in [2.75, 3.05) is 6.61 Å². The molecule has 0 aliphatic heterocycles. The first-order valence-corrected chi connectivity index (χ1v) is 8.26. The fourth-order valence-electron chi connectivity index (χ4n) is 2.02. The molecule has 22 heavy (non-hydrogen) atoms. The lowest BCUT2D eigenvalue weighted by Crippen LogP contribution is -2.00. The van der Waals surface area contributed by atoms with Crippen molar-refractivity contribution in [1.82, 2.24) is 0 Å². The minimum atomic E-state index is 0.114. The lowest BCUT2D eigenvalue weighted by atomic mass is 10.1. The molecule has 1 aromatic carbocycles. The Morgan fingerprint density at radius 1 is 1.14 bits per heavy atom. The van der Waals surface area contributed by atoms with E-state index in [1.165, 1.54) is 11.1 Å². The number of rotatable bonds is 8. The summed E-state index contributed by atoms with van der Waals surface area (Å²) in [4.78, 5) is 0. The molecule has 1 unspecified atom stereocenters. The number of halogens is 2. The maximum Gasteiger partial charge on any atom is 0.107 e. The van der Waals surface area contributed by atoms with Gasteiger partial charge in [0.2, 0.25) is 0 Å². The molecule has 0 aliphatic rings. The van der Waals surface area contributed by atoms with Crippen LogP contribution < -0.4 is 0 Å². The zero-order valence-electron chi connectivity index (χ0n) is 13.5. The molecule has 0 aliphatic carbocycles. The van der Waals surface area contributed by atoms with Gasteiger partial charge in [-0.2, -0.15) is 0 Å². The van der Waals surface area contributed by atoms with Crippen molar-refractivity contribution in [3.05, 3.63) is 69.8 Å². The van der Waals surface area contributed by atoms with E-state index < -0.39 is 0 Å². The van der Waals surface area contributed by atoms with Gasteiger partial charge in [0, 0.05) is 0 Å². The van der Waals surface area contributed by atoms with Gasteiger partial charge in [0.25, 0.3) is 0 Å². The summed E-state index contributed by atoms with van der Waals surface area (Å²) in [6.45, 7) is 6.84. The summed E-state index contributed by atoms with van der Waals surface area (Å²) < 4.78 is 6.14. The van der Waals surface area contributed by atoms with E-state index in [9.17, 15) is 0 Å². The Morgan fingerprint density at radius 3 is 2.45 bits per heavy atom. The minimum absolute atomic E-state index is 0.114.